The van der Waals surface area contributed by atoms with Crippen LogP contribution in [-0.4, -0.2) is 31.3 Å². The molecule has 1 heterocycles. The zero-order valence-corrected chi connectivity index (χ0v) is 16.9. The summed E-state index contributed by atoms with van der Waals surface area (Å²) in [5.41, 5.74) is 2.23. The third-order valence-corrected chi connectivity index (χ3v) is 4.22. The number of guanidine groups is 1. The maximum absolute atomic E-state index is 5.69. The first kappa shape index (κ1) is 20.8. The van der Waals surface area contributed by atoms with Crippen LogP contribution in [0.4, 0.5) is 0 Å². The highest BCUT2D eigenvalue weighted by Crippen LogP contribution is 2.14. The molecule has 0 saturated carbocycles. The number of hydrogen-bond acceptors (Lipinski definition) is 4. The predicted octanol–water partition coefficient (Wildman–Crippen LogP) is 3.88. The molecule has 0 atom stereocenters. The van der Waals surface area contributed by atoms with Crippen LogP contribution >= 0.6 is 0 Å². The van der Waals surface area contributed by atoms with Gasteiger partial charge in [0.2, 0.25) is 0 Å². The van der Waals surface area contributed by atoms with Crippen molar-refractivity contribution in [3.8, 4) is 5.75 Å². The van der Waals surface area contributed by atoms with Crippen molar-refractivity contribution in [2.45, 2.75) is 52.5 Å². The van der Waals surface area contributed by atoms with Crippen LogP contribution < -0.4 is 15.4 Å². The SMILES string of the molecule is CCCCOc1ccc(CCNC(=NC)NCc2cc(C(C)C)no2)cc1. The summed E-state index contributed by atoms with van der Waals surface area (Å²) >= 11 is 0. The molecule has 1 aromatic heterocycles. The second kappa shape index (κ2) is 11.3. The van der Waals surface area contributed by atoms with Crippen molar-refractivity contribution in [2.24, 2.45) is 4.99 Å². The molecule has 0 aliphatic heterocycles. The van der Waals surface area contributed by atoms with Crippen LogP contribution in [0.2, 0.25) is 0 Å². The Morgan fingerprint density at radius 2 is 2.00 bits per heavy atom. The quantitative estimate of drug-likeness (QED) is 0.376. The number of aliphatic imine (C=N–C) groups is 1. The van der Waals surface area contributed by atoms with Crippen molar-refractivity contribution in [2.75, 3.05) is 20.2 Å². The summed E-state index contributed by atoms with van der Waals surface area (Å²) in [5, 5.41) is 10.6. The molecule has 6 heteroatoms. The van der Waals surface area contributed by atoms with Crippen LogP contribution in [0.1, 0.15) is 56.5 Å². The van der Waals surface area contributed by atoms with Gasteiger partial charge in [-0.1, -0.05) is 44.5 Å². The Balaban J connectivity index is 1.71. The minimum Gasteiger partial charge on any atom is -0.494 e. The van der Waals surface area contributed by atoms with Gasteiger partial charge in [-0.3, -0.25) is 4.99 Å². The molecular weight excluding hydrogens is 340 g/mol. The number of unbranched alkanes of at least 4 members (excludes halogenated alkanes) is 1. The minimum absolute atomic E-state index is 0.364. The number of ether oxygens (including phenoxy) is 1. The lowest BCUT2D eigenvalue weighted by Gasteiger charge is -2.11. The van der Waals surface area contributed by atoms with Crippen LogP contribution in [0, 0.1) is 0 Å². The monoisotopic (exact) mass is 372 g/mol. The van der Waals surface area contributed by atoms with E-state index in [1.54, 1.807) is 7.05 Å². The normalized spacial score (nSPS) is 11.7. The van der Waals surface area contributed by atoms with E-state index < -0.39 is 0 Å². The number of hydrogen-bond donors (Lipinski definition) is 2. The van der Waals surface area contributed by atoms with E-state index in [2.05, 4.69) is 53.7 Å². The van der Waals surface area contributed by atoms with Crippen LogP contribution in [0.3, 0.4) is 0 Å². The van der Waals surface area contributed by atoms with Gasteiger partial charge in [0.05, 0.1) is 18.8 Å². The Hall–Kier alpha value is -2.50. The molecule has 0 amide bonds. The standard InChI is InChI=1S/C21H32N4O2/c1-5-6-13-26-18-9-7-17(8-10-18)11-12-23-21(22-4)24-15-19-14-20(16(2)3)25-27-19/h7-10,14,16H,5-6,11-13,15H2,1-4H3,(H2,22,23,24). The first-order valence-corrected chi connectivity index (χ1v) is 9.74. The molecule has 27 heavy (non-hydrogen) atoms. The summed E-state index contributed by atoms with van der Waals surface area (Å²) in [6, 6.07) is 10.3. The van der Waals surface area contributed by atoms with E-state index in [9.17, 15) is 0 Å². The molecule has 0 bridgehead atoms. The fraction of sp³-hybridized carbons (Fsp3) is 0.524. The predicted molar refractivity (Wildman–Crippen MR) is 109 cm³/mol. The zero-order valence-electron chi connectivity index (χ0n) is 16.9. The van der Waals surface area contributed by atoms with Gasteiger partial charge in [-0.05, 0) is 36.5 Å². The van der Waals surface area contributed by atoms with Gasteiger partial charge in [-0.25, -0.2) is 0 Å². The fourth-order valence-corrected chi connectivity index (χ4v) is 2.49. The fourth-order valence-electron chi connectivity index (χ4n) is 2.49. The lowest BCUT2D eigenvalue weighted by molar-refractivity contribution is 0.309. The van der Waals surface area contributed by atoms with Crippen molar-refractivity contribution in [3.63, 3.8) is 0 Å². The van der Waals surface area contributed by atoms with Gasteiger partial charge < -0.3 is 19.9 Å². The van der Waals surface area contributed by atoms with Crippen molar-refractivity contribution >= 4 is 5.96 Å². The Morgan fingerprint density at radius 1 is 1.22 bits per heavy atom. The number of aromatic nitrogens is 1. The summed E-state index contributed by atoms with van der Waals surface area (Å²) in [6.07, 6.45) is 3.15. The molecule has 0 aliphatic carbocycles. The van der Waals surface area contributed by atoms with Crippen molar-refractivity contribution in [1.82, 2.24) is 15.8 Å². The number of rotatable bonds is 10. The van der Waals surface area contributed by atoms with Crippen LogP contribution in [0.15, 0.2) is 39.8 Å². The van der Waals surface area contributed by atoms with E-state index in [0.29, 0.717) is 12.5 Å². The molecular formula is C21H32N4O2. The second-order valence-corrected chi connectivity index (χ2v) is 6.82. The topological polar surface area (TPSA) is 71.7 Å². The molecule has 2 aromatic rings. The lowest BCUT2D eigenvalue weighted by Crippen LogP contribution is -2.37. The van der Waals surface area contributed by atoms with Crippen LogP contribution in [0.5, 0.6) is 5.75 Å². The highest BCUT2D eigenvalue weighted by Gasteiger charge is 2.08. The zero-order chi connectivity index (χ0) is 19.5. The van der Waals surface area contributed by atoms with E-state index in [0.717, 1.165) is 55.6 Å². The molecule has 0 saturated heterocycles. The van der Waals surface area contributed by atoms with E-state index in [4.69, 9.17) is 9.26 Å². The van der Waals surface area contributed by atoms with Crippen molar-refractivity contribution in [3.05, 3.63) is 47.3 Å². The molecule has 148 valence electrons. The first-order valence-electron chi connectivity index (χ1n) is 9.74. The minimum atomic E-state index is 0.364. The first-order chi connectivity index (χ1) is 13.1. The number of nitrogens with zero attached hydrogens (tertiary/aromatic N) is 2. The summed E-state index contributed by atoms with van der Waals surface area (Å²) in [7, 11) is 1.76. The highest BCUT2D eigenvalue weighted by molar-refractivity contribution is 5.79. The molecule has 6 nitrogen and oxygen atoms in total. The van der Waals surface area contributed by atoms with Gasteiger partial charge in [0, 0.05) is 19.7 Å². The molecule has 2 rings (SSSR count). The smallest absolute Gasteiger partial charge is 0.191 e. The average Bonchev–Trinajstić information content (AvgIpc) is 3.15. The Morgan fingerprint density at radius 3 is 2.63 bits per heavy atom. The Bertz CT molecular complexity index is 692. The van der Waals surface area contributed by atoms with Gasteiger partial charge in [0.15, 0.2) is 11.7 Å². The lowest BCUT2D eigenvalue weighted by atomic mass is 10.1. The summed E-state index contributed by atoms with van der Waals surface area (Å²) < 4.78 is 11.0. The van der Waals surface area contributed by atoms with Gasteiger partial charge in [-0.15, -0.1) is 0 Å². The average molecular weight is 373 g/mol. The molecule has 0 unspecified atom stereocenters. The summed E-state index contributed by atoms with van der Waals surface area (Å²) in [5.74, 6) is 2.85. The van der Waals surface area contributed by atoms with Gasteiger partial charge in [0.25, 0.3) is 0 Å². The van der Waals surface area contributed by atoms with E-state index in [-0.39, 0.29) is 0 Å². The highest BCUT2D eigenvalue weighted by atomic mass is 16.5. The van der Waals surface area contributed by atoms with E-state index in [1.807, 2.05) is 18.2 Å². The largest absolute Gasteiger partial charge is 0.494 e. The maximum Gasteiger partial charge on any atom is 0.191 e. The van der Waals surface area contributed by atoms with Gasteiger partial charge in [0.1, 0.15) is 5.75 Å². The van der Waals surface area contributed by atoms with Crippen molar-refractivity contribution in [1.29, 1.82) is 0 Å². The molecule has 0 radical (unpaired) electrons. The van der Waals surface area contributed by atoms with E-state index in [1.165, 1.54) is 5.56 Å². The van der Waals surface area contributed by atoms with Crippen molar-refractivity contribution < 1.29 is 9.26 Å². The van der Waals surface area contributed by atoms with E-state index >= 15 is 0 Å². The maximum atomic E-state index is 5.69. The third-order valence-electron chi connectivity index (χ3n) is 4.22. The number of benzene rings is 1. The van der Waals surface area contributed by atoms with Gasteiger partial charge >= 0.3 is 0 Å². The molecule has 1 aromatic carbocycles. The Kier molecular flexibility index (Phi) is 8.68. The van der Waals surface area contributed by atoms with Gasteiger partial charge in [-0.2, -0.15) is 0 Å². The van der Waals surface area contributed by atoms with Crippen LogP contribution in [0.25, 0.3) is 0 Å². The molecule has 0 fully saturated rings. The summed E-state index contributed by atoms with van der Waals surface area (Å²) in [4.78, 5) is 4.24. The second-order valence-electron chi connectivity index (χ2n) is 6.82. The molecule has 0 spiro atoms. The number of nitrogens with one attached hydrogen (secondary N) is 2. The third kappa shape index (κ3) is 7.33. The Labute approximate surface area is 162 Å². The molecule has 2 N–H and O–H groups in total. The molecule has 0 aliphatic rings. The van der Waals surface area contributed by atoms with Crippen LogP contribution in [-0.2, 0) is 13.0 Å². The summed E-state index contributed by atoms with van der Waals surface area (Å²) in [6.45, 7) is 8.49.